The number of benzene rings is 3. The summed E-state index contributed by atoms with van der Waals surface area (Å²) in [5.74, 6) is -0.825. The highest BCUT2D eigenvalue weighted by Crippen LogP contribution is 2.55. The Labute approximate surface area is 235 Å². The second kappa shape index (κ2) is 10.1. The molecule has 2 amide bonds. The van der Waals surface area contributed by atoms with Gasteiger partial charge in [-0.25, -0.2) is 9.59 Å². The topological polar surface area (TPSA) is 76.2 Å². The first-order valence-electron chi connectivity index (χ1n) is 13.6. The molecule has 2 aliphatic rings. The average molecular weight is 541 g/mol. The lowest BCUT2D eigenvalue weighted by Gasteiger charge is -2.62. The molecule has 0 unspecified atom stereocenters. The van der Waals surface area contributed by atoms with Gasteiger partial charge < -0.3 is 14.4 Å². The molecule has 7 heteroatoms. The summed E-state index contributed by atoms with van der Waals surface area (Å²) in [6, 6.07) is 27.7. The fourth-order valence-corrected chi connectivity index (χ4v) is 6.01. The maximum Gasteiger partial charge on any atom is 0.411 e. The van der Waals surface area contributed by atoms with Crippen LogP contribution in [0.1, 0.15) is 63.4 Å². The Bertz CT molecular complexity index is 1390. The van der Waals surface area contributed by atoms with Crippen molar-refractivity contribution >= 4 is 18.0 Å². The number of hydrogen-bond donors (Lipinski definition) is 0. The van der Waals surface area contributed by atoms with Crippen molar-refractivity contribution in [2.45, 2.75) is 69.8 Å². The highest BCUT2D eigenvalue weighted by Gasteiger charge is 2.70. The van der Waals surface area contributed by atoms with Gasteiger partial charge in [-0.2, -0.15) is 0 Å². The summed E-state index contributed by atoms with van der Waals surface area (Å²) in [5.41, 5.74) is -0.809. The summed E-state index contributed by atoms with van der Waals surface area (Å²) in [4.78, 5) is 45.1. The van der Waals surface area contributed by atoms with Crippen molar-refractivity contribution in [2.75, 3.05) is 6.61 Å². The fourth-order valence-electron chi connectivity index (χ4n) is 6.01. The van der Waals surface area contributed by atoms with Gasteiger partial charge in [0.25, 0.3) is 5.91 Å². The molecule has 0 radical (unpaired) electrons. The van der Waals surface area contributed by atoms with Crippen LogP contribution in [-0.4, -0.2) is 51.1 Å². The lowest BCUT2D eigenvalue weighted by Crippen LogP contribution is -2.80. The van der Waals surface area contributed by atoms with Gasteiger partial charge >= 0.3 is 12.1 Å². The number of esters is 1. The maximum absolute atomic E-state index is 14.6. The lowest BCUT2D eigenvalue weighted by molar-refractivity contribution is -0.201. The van der Waals surface area contributed by atoms with Crippen LogP contribution < -0.4 is 0 Å². The van der Waals surface area contributed by atoms with Crippen LogP contribution >= 0.6 is 0 Å². The van der Waals surface area contributed by atoms with Gasteiger partial charge in [-0.15, -0.1) is 0 Å². The molecule has 2 aliphatic heterocycles. The molecule has 7 nitrogen and oxygen atoms in total. The first kappa shape index (κ1) is 27.4. The molecule has 40 heavy (non-hydrogen) atoms. The summed E-state index contributed by atoms with van der Waals surface area (Å²) in [6.07, 6.45) is -0.298. The van der Waals surface area contributed by atoms with E-state index in [1.165, 1.54) is 0 Å². The number of β-lactam (4-membered cyclic amide) rings is 1. The Morgan fingerprint density at radius 2 is 1.40 bits per heavy atom. The fraction of sp³-hybridized carbons (Fsp3) is 0.364. The van der Waals surface area contributed by atoms with Crippen molar-refractivity contribution in [3.8, 4) is 0 Å². The molecule has 2 heterocycles. The van der Waals surface area contributed by atoms with Gasteiger partial charge in [0.05, 0.1) is 12.1 Å². The second-order valence-electron chi connectivity index (χ2n) is 11.9. The zero-order valence-corrected chi connectivity index (χ0v) is 23.7. The monoisotopic (exact) mass is 540 g/mol. The molecule has 5 rings (SSSR count). The predicted octanol–water partition coefficient (Wildman–Crippen LogP) is 5.87. The minimum absolute atomic E-state index is 0.139. The molecule has 0 saturated carbocycles. The van der Waals surface area contributed by atoms with Crippen LogP contribution in [0.2, 0.25) is 0 Å². The van der Waals surface area contributed by atoms with Gasteiger partial charge in [0.15, 0.2) is 0 Å². The van der Waals surface area contributed by atoms with Gasteiger partial charge in [-0.3, -0.25) is 9.69 Å². The lowest BCUT2D eigenvalue weighted by atomic mass is 9.70. The SMILES string of the molecule is CC(C)(C)OC(=O)[C@](C)(Cc1ccccc1)N1C(=O)[C@](C)(N2C(=O)OC[C@@H]2c2ccccc2)[C@H]1c1ccccc1. The van der Waals surface area contributed by atoms with Crippen LogP contribution in [0.15, 0.2) is 91.0 Å². The van der Waals surface area contributed by atoms with E-state index in [0.717, 1.165) is 16.7 Å². The second-order valence-corrected chi connectivity index (χ2v) is 11.9. The van der Waals surface area contributed by atoms with Crippen LogP contribution in [0.25, 0.3) is 0 Å². The third-order valence-corrected chi connectivity index (χ3v) is 7.88. The van der Waals surface area contributed by atoms with E-state index in [9.17, 15) is 14.4 Å². The smallest absolute Gasteiger partial charge is 0.411 e. The number of nitrogens with zero attached hydrogens (tertiary/aromatic N) is 2. The Balaban J connectivity index is 1.64. The molecular weight excluding hydrogens is 504 g/mol. The van der Waals surface area contributed by atoms with Crippen molar-refractivity contribution in [1.29, 1.82) is 0 Å². The van der Waals surface area contributed by atoms with Crippen LogP contribution in [0.3, 0.4) is 0 Å². The predicted molar refractivity (Wildman–Crippen MR) is 151 cm³/mol. The maximum atomic E-state index is 14.6. The number of likely N-dealkylation sites (tertiary alicyclic amines) is 1. The largest absolute Gasteiger partial charge is 0.458 e. The van der Waals surface area contributed by atoms with Crippen molar-refractivity contribution in [2.24, 2.45) is 0 Å². The van der Waals surface area contributed by atoms with Gasteiger partial charge in [-0.1, -0.05) is 91.0 Å². The van der Waals surface area contributed by atoms with E-state index in [-0.39, 0.29) is 18.9 Å². The summed E-state index contributed by atoms with van der Waals surface area (Å²) in [6.45, 7) is 9.13. The number of cyclic esters (lactones) is 1. The minimum Gasteiger partial charge on any atom is -0.458 e. The minimum atomic E-state index is -1.35. The summed E-state index contributed by atoms with van der Waals surface area (Å²) in [7, 11) is 0. The molecule has 2 saturated heterocycles. The third-order valence-electron chi connectivity index (χ3n) is 7.88. The molecule has 3 aromatic carbocycles. The molecule has 4 atom stereocenters. The number of carbonyl (C=O) groups excluding carboxylic acids is 3. The van der Waals surface area contributed by atoms with Crippen LogP contribution in [0.4, 0.5) is 4.79 Å². The van der Waals surface area contributed by atoms with Gasteiger partial charge in [-0.05, 0) is 51.3 Å². The molecule has 3 aromatic rings. The van der Waals surface area contributed by atoms with E-state index < -0.39 is 40.8 Å². The Morgan fingerprint density at radius 3 is 1.95 bits per heavy atom. The van der Waals surface area contributed by atoms with E-state index >= 15 is 0 Å². The number of ether oxygens (including phenoxy) is 2. The van der Waals surface area contributed by atoms with Gasteiger partial charge in [0.2, 0.25) is 0 Å². The highest BCUT2D eigenvalue weighted by molar-refractivity contribution is 6.01. The molecule has 0 aliphatic carbocycles. The first-order valence-corrected chi connectivity index (χ1v) is 13.6. The van der Waals surface area contributed by atoms with E-state index in [1.54, 1.807) is 23.6 Å². The Hall–Kier alpha value is -4.13. The molecular formula is C33H36N2O5. The van der Waals surface area contributed by atoms with Gasteiger partial charge in [0, 0.05) is 6.42 Å². The quantitative estimate of drug-likeness (QED) is 0.277. The normalized spacial score (nSPS) is 24.2. The van der Waals surface area contributed by atoms with Crippen LogP contribution in [0, 0.1) is 0 Å². The van der Waals surface area contributed by atoms with E-state index in [2.05, 4.69) is 0 Å². The van der Waals surface area contributed by atoms with Crippen LogP contribution in [0.5, 0.6) is 0 Å². The van der Waals surface area contributed by atoms with E-state index in [4.69, 9.17) is 9.47 Å². The average Bonchev–Trinajstić information content (AvgIpc) is 3.32. The Kier molecular flexibility index (Phi) is 6.94. The first-order chi connectivity index (χ1) is 19.0. The summed E-state index contributed by atoms with van der Waals surface area (Å²) in [5, 5.41) is 0. The summed E-state index contributed by atoms with van der Waals surface area (Å²) >= 11 is 0. The zero-order valence-electron chi connectivity index (χ0n) is 23.7. The van der Waals surface area contributed by atoms with Gasteiger partial charge in [0.1, 0.15) is 23.3 Å². The van der Waals surface area contributed by atoms with E-state index in [1.807, 2.05) is 112 Å². The van der Waals surface area contributed by atoms with E-state index in [0.29, 0.717) is 0 Å². The van der Waals surface area contributed by atoms with Crippen molar-refractivity contribution < 1.29 is 23.9 Å². The molecule has 208 valence electrons. The third kappa shape index (κ3) is 4.63. The number of carbonyl (C=O) groups is 3. The van der Waals surface area contributed by atoms with Crippen molar-refractivity contribution in [3.63, 3.8) is 0 Å². The van der Waals surface area contributed by atoms with Crippen molar-refractivity contribution in [1.82, 2.24) is 9.80 Å². The number of hydrogen-bond acceptors (Lipinski definition) is 5. The van der Waals surface area contributed by atoms with Crippen molar-refractivity contribution in [3.05, 3.63) is 108 Å². The number of rotatable bonds is 7. The Morgan fingerprint density at radius 1 is 0.875 bits per heavy atom. The standard InChI is InChI=1S/C33H36N2O5/c1-31(2,3)40-29(37)32(4,21-23-15-9-6-10-16-23)35-27(25-19-13-8-14-20-25)33(5,28(35)36)34-26(22-39-30(34)38)24-17-11-7-12-18-24/h6-20,26-27H,21-22H2,1-5H3/t26-,27-,32+,33-/m1/s1. The molecule has 0 spiro atoms. The highest BCUT2D eigenvalue weighted by atomic mass is 16.6. The molecule has 0 N–H and O–H groups in total. The zero-order chi connectivity index (χ0) is 28.7. The molecule has 0 aromatic heterocycles. The van der Waals surface area contributed by atoms with Crippen LogP contribution in [-0.2, 0) is 25.5 Å². The number of amides is 2. The molecule has 2 fully saturated rings. The molecule has 0 bridgehead atoms. The summed E-state index contributed by atoms with van der Waals surface area (Å²) < 4.78 is 11.5.